The number of ether oxygens (including phenoxy) is 1. The molecule has 5 fully saturated rings. The van der Waals surface area contributed by atoms with E-state index in [9.17, 15) is 14.7 Å². The van der Waals surface area contributed by atoms with E-state index in [1.54, 1.807) is 4.90 Å². The lowest BCUT2D eigenvalue weighted by Gasteiger charge is -2.57. The minimum Gasteiger partial charge on any atom is -0.446 e. The van der Waals surface area contributed by atoms with Crippen LogP contribution in [0.15, 0.2) is 12.4 Å². The molecule has 1 aliphatic heterocycles. The van der Waals surface area contributed by atoms with E-state index in [0.29, 0.717) is 36.8 Å². The number of aromatic nitrogens is 2. The summed E-state index contributed by atoms with van der Waals surface area (Å²) in [6, 6.07) is 0.0289. The Bertz CT molecular complexity index is 800. The minimum atomic E-state index is -0.566. The van der Waals surface area contributed by atoms with Crippen LogP contribution in [0.4, 0.5) is 10.7 Å². The lowest BCUT2D eigenvalue weighted by molar-refractivity contribution is -0.177. The van der Waals surface area contributed by atoms with Crippen LogP contribution < -0.4 is 11.1 Å². The first kappa shape index (κ1) is 18.6. The number of rotatable bonds is 4. The number of amides is 2. The Labute approximate surface area is 169 Å². The number of carbonyl (C=O) groups excluding carboxylic acids is 2. The van der Waals surface area contributed by atoms with Crippen molar-refractivity contribution in [1.29, 1.82) is 0 Å². The predicted molar refractivity (Wildman–Crippen MR) is 103 cm³/mol. The Kier molecular flexibility index (Phi) is 4.38. The molecule has 6 rings (SSSR count). The molecule has 2 heterocycles. The van der Waals surface area contributed by atoms with Crippen LogP contribution in [0.1, 0.15) is 48.9 Å². The van der Waals surface area contributed by atoms with Crippen molar-refractivity contribution in [2.45, 2.75) is 56.3 Å². The zero-order valence-corrected chi connectivity index (χ0v) is 16.3. The lowest BCUT2D eigenvalue weighted by atomic mass is 9.53. The van der Waals surface area contributed by atoms with Crippen molar-refractivity contribution in [3.8, 4) is 0 Å². The van der Waals surface area contributed by atoms with Gasteiger partial charge >= 0.3 is 6.09 Å². The average molecular weight is 401 g/mol. The fourth-order valence-corrected chi connectivity index (χ4v) is 6.07. The van der Waals surface area contributed by atoms with Crippen LogP contribution in [-0.4, -0.2) is 62.8 Å². The highest BCUT2D eigenvalue weighted by Crippen LogP contribution is 2.56. The highest BCUT2D eigenvalue weighted by molar-refractivity contribution is 5.92. The number of hydrogen-bond acceptors (Lipinski definition) is 7. The Morgan fingerprint density at radius 2 is 1.90 bits per heavy atom. The zero-order chi connectivity index (χ0) is 20.2. The van der Waals surface area contributed by atoms with Gasteiger partial charge in [-0.25, -0.2) is 14.8 Å². The van der Waals surface area contributed by atoms with Gasteiger partial charge in [0.05, 0.1) is 11.2 Å². The number of anilines is 1. The van der Waals surface area contributed by atoms with Gasteiger partial charge < -0.3 is 25.8 Å². The molecular formula is C20H27N5O4. The maximum atomic E-state index is 12.8. The van der Waals surface area contributed by atoms with Gasteiger partial charge in [-0.15, -0.1) is 0 Å². The normalized spacial score (nSPS) is 37.6. The van der Waals surface area contributed by atoms with Gasteiger partial charge in [0.2, 0.25) is 5.95 Å². The fraction of sp³-hybridized carbons (Fsp3) is 0.700. The Balaban J connectivity index is 1.16. The second-order valence-electron chi connectivity index (χ2n) is 9.28. The van der Waals surface area contributed by atoms with Crippen molar-refractivity contribution in [2.75, 3.05) is 18.4 Å². The van der Waals surface area contributed by atoms with Gasteiger partial charge in [-0.2, -0.15) is 0 Å². The van der Waals surface area contributed by atoms with Crippen LogP contribution in [0.25, 0.3) is 0 Å². The van der Waals surface area contributed by atoms with E-state index in [1.807, 2.05) is 0 Å². The Morgan fingerprint density at radius 1 is 1.21 bits per heavy atom. The predicted octanol–water partition coefficient (Wildman–Crippen LogP) is 1.14. The summed E-state index contributed by atoms with van der Waals surface area (Å²) in [6.07, 6.45) is 7.82. The number of nitrogens with two attached hydrogens (primary N) is 1. The second kappa shape index (κ2) is 6.83. The molecule has 5 aliphatic rings. The molecule has 0 aromatic carbocycles. The molecule has 6 atom stereocenters. The standard InChI is InChI=1S/C20H27N5O4/c21-17(26)14-8-22-18(23-9-14)24-15-1-2-25(10-15)19(27)29-16-12-3-11-4-13(16)7-20(28,5-11)6-12/h8-9,11-13,15-16,28H,1-7,10H2,(H2,21,26)(H,22,23,24)/t11?,12-,13?,15+,16?,20?/m0/s1. The molecule has 4 aliphatic carbocycles. The average Bonchev–Trinajstić information content (AvgIpc) is 3.12. The summed E-state index contributed by atoms with van der Waals surface area (Å²) in [7, 11) is 0. The topological polar surface area (TPSA) is 131 Å². The molecule has 4 N–H and O–H groups in total. The third kappa shape index (κ3) is 3.52. The Hall–Kier alpha value is -2.42. The molecule has 1 saturated heterocycles. The van der Waals surface area contributed by atoms with Crippen LogP contribution in [0.2, 0.25) is 0 Å². The van der Waals surface area contributed by atoms with Gasteiger partial charge in [0.15, 0.2) is 0 Å². The molecule has 4 bridgehead atoms. The first-order valence-corrected chi connectivity index (χ1v) is 10.4. The summed E-state index contributed by atoms with van der Waals surface area (Å²) < 4.78 is 5.96. The Morgan fingerprint density at radius 3 is 2.52 bits per heavy atom. The smallest absolute Gasteiger partial charge is 0.410 e. The lowest BCUT2D eigenvalue weighted by Crippen LogP contribution is -2.58. The zero-order valence-electron chi connectivity index (χ0n) is 16.3. The molecule has 29 heavy (non-hydrogen) atoms. The number of nitrogens with one attached hydrogen (secondary N) is 1. The van der Waals surface area contributed by atoms with Gasteiger partial charge in [-0.05, 0) is 56.3 Å². The van der Waals surface area contributed by atoms with Crippen molar-refractivity contribution in [2.24, 2.45) is 23.5 Å². The quantitative estimate of drug-likeness (QED) is 0.689. The number of nitrogens with zero attached hydrogens (tertiary/aromatic N) is 3. The van der Waals surface area contributed by atoms with Gasteiger partial charge in [0, 0.05) is 31.5 Å². The highest BCUT2D eigenvalue weighted by atomic mass is 16.6. The summed E-state index contributed by atoms with van der Waals surface area (Å²) in [4.78, 5) is 33.8. The molecule has 1 aromatic heterocycles. The highest BCUT2D eigenvalue weighted by Gasteiger charge is 2.56. The van der Waals surface area contributed by atoms with Crippen LogP contribution in [0.3, 0.4) is 0 Å². The van der Waals surface area contributed by atoms with Crippen molar-refractivity contribution in [3.05, 3.63) is 18.0 Å². The summed E-state index contributed by atoms with van der Waals surface area (Å²) in [5.74, 6) is 1.02. The van der Waals surface area contributed by atoms with E-state index in [0.717, 1.165) is 38.5 Å². The third-order valence-corrected chi connectivity index (χ3v) is 7.11. The molecule has 4 unspecified atom stereocenters. The first-order valence-electron chi connectivity index (χ1n) is 10.4. The van der Waals surface area contributed by atoms with E-state index in [4.69, 9.17) is 10.5 Å². The minimum absolute atomic E-state index is 0.0289. The number of carbonyl (C=O) groups is 2. The van der Waals surface area contributed by atoms with E-state index in [1.165, 1.54) is 12.4 Å². The molecule has 156 valence electrons. The van der Waals surface area contributed by atoms with Gasteiger partial charge in [0.25, 0.3) is 5.91 Å². The van der Waals surface area contributed by atoms with Crippen molar-refractivity contribution < 1.29 is 19.4 Å². The maximum Gasteiger partial charge on any atom is 0.410 e. The summed E-state index contributed by atoms with van der Waals surface area (Å²) in [5, 5.41) is 13.9. The molecule has 4 saturated carbocycles. The van der Waals surface area contributed by atoms with Gasteiger partial charge in [-0.3, -0.25) is 4.79 Å². The SMILES string of the molecule is NC(=O)c1cnc(N[C@@H]2CCN(C(=O)OC3C4CC5C[C@H]3CC(O)(C5)C4)C2)nc1. The van der Waals surface area contributed by atoms with Crippen LogP contribution >= 0.6 is 0 Å². The number of likely N-dealkylation sites (tertiary alicyclic amines) is 1. The number of aliphatic hydroxyl groups is 1. The van der Waals surface area contributed by atoms with E-state index in [-0.39, 0.29) is 23.8 Å². The summed E-state index contributed by atoms with van der Waals surface area (Å²) >= 11 is 0. The number of hydrogen-bond donors (Lipinski definition) is 3. The molecule has 1 aromatic rings. The molecule has 9 heteroatoms. The van der Waals surface area contributed by atoms with Crippen LogP contribution in [-0.2, 0) is 4.74 Å². The molecule has 0 radical (unpaired) electrons. The molecule has 9 nitrogen and oxygen atoms in total. The monoisotopic (exact) mass is 401 g/mol. The van der Waals surface area contributed by atoms with Crippen molar-refractivity contribution in [3.63, 3.8) is 0 Å². The largest absolute Gasteiger partial charge is 0.446 e. The summed E-state index contributed by atoms with van der Waals surface area (Å²) in [6.45, 7) is 1.14. The van der Waals surface area contributed by atoms with Gasteiger partial charge in [0.1, 0.15) is 6.10 Å². The summed E-state index contributed by atoms with van der Waals surface area (Å²) in [5.41, 5.74) is 4.93. The van der Waals surface area contributed by atoms with Crippen LogP contribution in [0.5, 0.6) is 0 Å². The number of primary amides is 1. The van der Waals surface area contributed by atoms with E-state index < -0.39 is 11.5 Å². The third-order valence-electron chi connectivity index (χ3n) is 7.11. The maximum absolute atomic E-state index is 12.8. The van der Waals surface area contributed by atoms with Crippen molar-refractivity contribution >= 4 is 17.9 Å². The second-order valence-corrected chi connectivity index (χ2v) is 9.28. The van der Waals surface area contributed by atoms with Crippen molar-refractivity contribution in [1.82, 2.24) is 14.9 Å². The van der Waals surface area contributed by atoms with E-state index in [2.05, 4.69) is 15.3 Å². The van der Waals surface area contributed by atoms with E-state index >= 15 is 0 Å². The van der Waals surface area contributed by atoms with Gasteiger partial charge in [-0.1, -0.05) is 0 Å². The molecule has 2 amide bonds. The van der Waals surface area contributed by atoms with Crippen LogP contribution in [0, 0.1) is 17.8 Å². The molecular weight excluding hydrogens is 374 g/mol. The fourth-order valence-electron chi connectivity index (χ4n) is 6.07. The molecule has 0 spiro atoms. The first-order chi connectivity index (χ1) is 13.9.